The van der Waals surface area contributed by atoms with Crippen LogP contribution in [-0.2, 0) is 0 Å². The number of aliphatic hydroxyl groups excluding tert-OH is 1. The van der Waals surface area contributed by atoms with Crippen molar-refractivity contribution in [3.8, 4) is 5.75 Å². The van der Waals surface area contributed by atoms with Gasteiger partial charge in [0, 0.05) is 17.6 Å². The lowest BCUT2D eigenvalue weighted by Gasteiger charge is -2.30. The number of benzene rings is 1. The van der Waals surface area contributed by atoms with Crippen LogP contribution in [-0.4, -0.2) is 23.9 Å². The van der Waals surface area contributed by atoms with Crippen molar-refractivity contribution in [2.45, 2.75) is 56.7 Å². The highest BCUT2D eigenvalue weighted by atomic mass is 16.5. The summed E-state index contributed by atoms with van der Waals surface area (Å²) in [4.78, 5) is 0. The number of para-hydroxylation sites is 1. The van der Waals surface area contributed by atoms with Gasteiger partial charge in [-0.1, -0.05) is 18.2 Å². The highest BCUT2D eigenvalue weighted by Crippen LogP contribution is 2.32. The zero-order chi connectivity index (χ0) is 13.1. The van der Waals surface area contributed by atoms with Gasteiger partial charge >= 0.3 is 0 Å². The van der Waals surface area contributed by atoms with Gasteiger partial charge in [0.25, 0.3) is 0 Å². The first-order valence-corrected chi connectivity index (χ1v) is 7.49. The Bertz CT molecular complexity index is 413. The van der Waals surface area contributed by atoms with Crippen molar-refractivity contribution < 1.29 is 9.84 Å². The lowest BCUT2D eigenvalue weighted by atomic mass is 9.91. The van der Waals surface area contributed by atoms with Crippen molar-refractivity contribution >= 4 is 0 Å². The number of ether oxygens (including phenoxy) is 1. The molecular weight excluding hydrogens is 238 g/mol. The van der Waals surface area contributed by atoms with Gasteiger partial charge in [-0.05, 0) is 44.6 Å². The summed E-state index contributed by atoms with van der Waals surface area (Å²) in [6.07, 6.45) is 6.19. The lowest BCUT2D eigenvalue weighted by molar-refractivity contribution is 0.114. The molecule has 0 spiro atoms. The average Bonchev–Trinajstić information content (AvgIpc) is 2.64. The molecule has 1 atom stereocenters. The quantitative estimate of drug-likeness (QED) is 0.860. The molecule has 3 nitrogen and oxygen atoms in total. The molecule has 0 radical (unpaired) electrons. The minimum absolute atomic E-state index is 0.0807. The van der Waals surface area contributed by atoms with Crippen molar-refractivity contribution in [1.82, 2.24) is 5.32 Å². The Labute approximate surface area is 115 Å². The fourth-order valence-corrected chi connectivity index (χ4v) is 3.23. The van der Waals surface area contributed by atoms with Crippen LogP contribution in [0.15, 0.2) is 24.3 Å². The number of hydrogen-bond donors (Lipinski definition) is 2. The second kappa shape index (κ2) is 5.93. The summed E-state index contributed by atoms with van der Waals surface area (Å²) in [5.74, 6) is 1.04. The second-order valence-electron chi connectivity index (χ2n) is 5.75. The fourth-order valence-electron chi connectivity index (χ4n) is 3.23. The molecule has 3 rings (SSSR count). The van der Waals surface area contributed by atoms with E-state index in [0.29, 0.717) is 12.1 Å². The summed E-state index contributed by atoms with van der Waals surface area (Å²) < 4.78 is 5.80. The molecule has 1 aliphatic carbocycles. The SMILES string of the molecule is OC1CCC(NC2CCCOc3ccccc32)CC1. The van der Waals surface area contributed by atoms with Crippen LogP contribution in [0.5, 0.6) is 5.75 Å². The largest absolute Gasteiger partial charge is 0.493 e. The van der Waals surface area contributed by atoms with Gasteiger partial charge in [0.1, 0.15) is 5.75 Å². The zero-order valence-corrected chi connectivity index (χ0v) is 11.3. The summed E-state index contributed by atoms with van der Waals surface area (Å²) in [6, 6.07) is 9.32. The van der Waals surface area contributed by atoms with Gasteiger partial charge in [-0.15, -0.1) is 0 Å². The first-order chi connectivity index (χ1) is 9.33. The van der Waals surface area contributed by atoms with E-state index < -0.39 is 0 Å². The van der Waals surface area contributed by atoms with Gasteiger partial charge in [0.15, 0.2) is 0 Å². The smallest absolute Gasteiger partial charge is 0.124 e. The maximum atomic E-state index is 9.59. The molecule has 104 valence electrons. The van der Waals surface area contributed by atoms with Crippen molar-refractivity contribution in [1.29, 1.82) is 0 Å². The normalized spacial score (nSPS) is 31.1. The number of hydrogen-bond acceptors (Lipinski definition) is 3. The molecule has 1 heterocycles. The van der Waals surface area contributed by atoms with Gasteiger partial charge in [-0.2, -0.15) is 0 Å². The van der Waals surface area contributed by atoms with Crippen LogP contribution in [0.25, 0.3) is 0 Å². The van der Waals surface area contributed by atoms with E-state index in [1.165, 1.54) is 5.56 Å². The molecule has 0 aromatic heterocycles. The number of fused-ring (bicyclic) bond motifs is 1. The maximum Gasteiger partial charge on any atom is 0.124 e. The van der Waals surface area contributed by atoms with E-state index in [1.54, 1.807) is 0 Å². The molecule has 2 aliphatic rings. The Hall–Kier alpha value is -1.06. The predicted octanol–water partition coefficient (Wildman–Crippen LogP) is 2.79. The third kappa shape index (κ3) is 3.10. The van der Waals surface area contributed by atoms with Crippen LogP contribution in [0.1, 0.15) is 50.1 Å². The van der Waals surface area contributed by atoms with Crippen LogP contribution in [0.2, 0.25) is 0 Å². The van der Waals surface area contributed by atoms with Gasteiger partial charge in [0.05, 0.1) is 12.7 Å². The van der Waals surface area contributed by atoms with E-state index in [9.17, 15) is 5.11 Å². The first-order valence-electron chi connectivity index (χ1n) is 7.49. The fraction of sp³-hybridized carbons (Fsp3) is 0.625. The summed E-state index contributed by atoms with van der Waals surface area (Å²) in [7, 11) is 0. The number of aliphatic hydroxyl groups is 1. The second-order valence-corrected chi connectivity index (χ2v) is 5.75. The third-order valence-corrected chi connectivity index (χ3v) is 4.32. The van der Waals surface area contributed by atoms with Gasteiger partial charge in [0.2, 0.25) is 0 Å². The molecule has 1 aliphatic heterocycles. The lowest BCUT2D eigenvalue weighted by Crippen LogP contribution is -2.37. The molecule has 19 heavy (non-hydrogen) atoms. The van der Waals surface area contributed by atoms with Crippen LogP contribution in [0, 0.1) is 0 Å². The summed E-state index contributed by atoms with van der Waals surface area (Å²) >= 11 is 0. The van der Waals surface area contributed by atoms with Gasteiger partial charge < -0.3 is 15.2 Å². The van der Waals surface area contributed by atoms with E-state index in [0.717, 1.165) is 50.9 Å². The maximum absolute atomic E-state index is 9.59. The Morgan fingerprint density at radius 2 is 1.84 bits per heavy atom. The minimum Gasteiger partial charge on any atom is -0.493 e. The topological polar surface area (TPSA) is 41.5 Å². The summed E-state index contributed by atoms with van der Waals surface area (Å²) in [6.45, 7) is 0.818. The Morgan fingerprint density at radius 3 is 2.68 bits per heavy atom. The Morgan fingerprint density at radius 1 is 1.05 bits per heavy atom. The average molecular weight is 261 g/mol. The molecule has 3 heteroatoms. The molecule has 1 unspecified atom stereocenters. The summed E-state index contributed by atoms with van der Waals surface area (Å²) in [5.41, 5.74) is 1.30. The molecule has 1 aromatic carbocycles. The summed E-state index contributed by atoms with van der Waals surface area (Å²) in [5, 5.41) is 13.4. The Kier molecular flexibility index (Phi) is 4.04. The van der Waals surface area contributed by atoms with Gasteiger partial charge in [-0.25, -0.2) is 0 Å². The predicted molar refractivity (Wildman–Crippen MR) is 75.3 cm³/mol. The van der Waals surface area contributed by atoms with E-state index in [-0.39, 0.29) is 6.10 Å². The van der Waals surface area contributed by atoms with Crippen LogP contribution < -0.4 is 10.1 Å². The Balaban J connectivity index is 1.70. The van der Waals surface area contributed by atoms with Crippen LogP contribution in [0.4, 0.5) is 0 Å². The van der Waals surface area contributed by atoms with Crippen LogP contribution >= 0.6 is 0 Å². The molecule has 1 saturated carbocycles. The molecular formula is C16H23NO2. The molecule has 1 fully saturated rings. The zero-order valence-electron chi connectivity index (χ0n) is 11.3. The monoisotopic (exact) mass is 261 g/mol. The third-order valence-electron chi connectivity index (χ3n) is 4.32. The molecule has 2 N–H and O–H groups in total. The van der Waals surface area contributed by atoms with Gasteiger partial charge in [-0.3, -0.25) is 0 Å². The highest BCUT2D eigenvalue weighted by molar-refractivity contribution is 5.36. The van der Waals surface area contributed by atoms with Crippen molar-refractivity contribution in [2.24, 2.45) is 0 Å². The van der Waals surface area contributed by atoms with E-state index in [2.05, 4.69) is 23.5 Å². The van der Waals surface area contributed by atoms with E-state index in [1.807, 2.05) is 6.07 Å². The van der Waals surface area contributed by atoms with Crippen LogP contribution in [0.3, 0.4) is 0 Å². The highest BCUT2D eigenvalue weighted by Gasteiger charge is 2.25. The molecule has 1 aromatic rings. The molecule has 0 bridgehead atoms. The van der Waals surface area contributed by atoms with Crippen molar-refractivity contribution in [3.05, 3.63) is 29.8 Å². The van der Waals surface area contributed by atoms with E-state index >= 15 is 0 Å². The number of nitrogens with one attached hydrogen (secondary N) is 1. The van der Waals surface area contributed by atoms with Crippen molar-refractivity contribution in [2.75, 3.05) is 6.61 Å². The minimum atomic E-state index is -0.0807. The van der Waals surface area contributed by atoms with Crippen molar-refractivity contribution in [3.63, 3.8) is 0 Å². The molecule has 0 saturated heterocycles. The molecule has 0 amide bonds. The van der Waals surface area contributed by atoms with E-state index in [4.69, 9.17) is 4.74 Å². The first kappa shape index (κ1) is 12.9. The standard InChI is InChI=1S/C16H23NO2/c18-13-9-7-12(8-10-13)17-15-5-3-11-19-16-6-2-1-4-14(15)16/h1-2,4,6,12-13,15,17-18H,3,5,7-11H2. The number of rotatable bonds is 2.